The van der Waals surface area contributed by atoms with Crippen LogP contribution in [0.4, 0.5) is 4.79 Å². The minimum atomic E-state index is -0.495. The molecule has 2 heterocycles. The van der Waals surface area contributed by atoms with E-state index in [2.05, 4.69) is 10.1 Å². The van der Waals surface area contributed by atoms with E-state index in [9.17, 15) is 9.90 Å². The number of aromatic nitrogens is 3. The summed E-state index contributed by atoms with van der Waals surface area (Å²) in [6.07, 6.45) is 2.35. The fourth-order valence-corrected chi connectivity index (χ4v) is 2.42. The van der Waals surface area contributed by atoms with Crippen molar-refractivity contribution in [2.45, 2.75) is 26.9 Å². The Labute approximate surface area is 133 Å². The molecule has 118 valence electrons. The van der Waals surface area contributed by atoms with Crippen LogP contribution in [0.3, 0.4) is 0 Å². The topological polar surface area (TPSA) is 77.2 Å². The number of aryl methyl sites for hydroxylation is 1. The molecule has 1 N–H and O–H groups in total. The molecular formula is C17H17N3O3. The number of pyridine rings is 1. The molecule has 0 unspecified atom stereocenters. The lowest BCUT2D eigenvalue weighted by Crippen LogP contribution is -2.19. The standard InChI is InChI=1S/C17H17N3O3/c1-10(2)23-17(22)20-16-5-4-12(7-15(16)11(3)19-20)13-6-14(21)9-18-8-13/h4-10,21H,1-3H3. The summed E-state index contributed by atoms with van der Waals surface area (Å²) in [4.78, 5) is 16.1. The number of carbonyl (C=O) groups excluding carboxylic acids is 1. The molecule has 6 nitrogen and oxygen atoms in total. The summed E-state index contributed by atoms with van der Waals surface area (Å²) in [6.45, 7) is 5.43. The van der Waals surface area contributed by atoms with Gasteiger partial charge in [0.25, 0.3) is 0 Å². The summed E-state index contributed by atoms with van der Waals surface area (Å²) in [7, 11) is 0. The van der Waals surface area contributed by atoms with Gasteiger partial charge in [-0.1, -0.05) is 6.07 Å². The van der Waals surface area contributed by atoms with Gasteiger partial charge in [-0.3, -0.25) is 4.98 Å². The largest absolute Gasteiger partial charge is 0.506 e. The smallest absolute Gasteiger partial charge is 0.435 e. The van der Waals surface area contributed by atoms with Crippen molar-refractivity contribution in [3.8, 4) is 16.9 Å². The van der Waals surface area contributed by atoms with Crippen molar-refractivity contribution in [1.82, 2.24) is 14.8 Å². The second-order valence-electron chi connectivity index (χ2n) is 5.59. The van der Waals surface area contributed by atoms with Crippen LogP contribution >= 0.6 is 0 Å². The summed E-state index contributed by atoms with van der Waals surface area (Å²) in [5.74, 6) is 0.107. The van der Waals surface area contributed by atoms with Gasteiger partial charge in [-0.25, -0.2) is 4.79 Å². The maximum absolute atomic E-state index is 12.1. The van der Waals surface area contributed by atoms with Gasteiger partial charge in [0.05, 0.1) is 23.5 Å². The molecule has 0 spiro atoms. The summed E-state index contributed by atoms with van der Waals surface area (Å²) in [6, 6.07) is 7.24. The Hall–Kier alpha value is -2.89. The van der Waals surface area contributed by atoms with Crippen molar-refractivity contribution >= 4 is 17.0 Å². The molecule has 3 rings (SSSR count). The molecule has 0 radical (unpaired) electrons. The minimum absolute atomic E-state index is 0.107. The summed E-state index contributed by atoms with van der Waals surface area (Å²) >= 11 is 0. The third kappa shape index (κ3) is 2.88. The number of ether oxygens (including phenoxy) is 1. The number of fused-ring (bicyclic) bond motifs is 1. The number of nitrogens with zero attached hydrogens (tertiary/aromatic N) is 3. The maximum atomic E-state index is 12.1. The molecule has 3 aromatic rings. The molecule has 23 heavy (non-hydrogen) atoms. The van der Waals surface area contributed by atoms with Crippen molar-refractivity contribution in [2.75, 3.05) is 0 Å². The highest BCUT2D eigenvalue weighted by Gasteiger charge is 2.16. The van der Waals surface area contributed by atoms with Gasteiger partial charge in [0.2, 0.25) is 0 Å². The predicted octanol–water partition coefficient (Wildman–Crippen LogP) is 3.51. The second kappa shape index (κ2) is 5.72. The van der Waals surface area contributed by atoms with Crippen molar-refractivity contribution in [2.24, 2.45) is 0 Å². The van der Waals surface area contributed by atoms with Crippen LogP contribution in [0.5, 0.6) is 5.75 Å². The van der Waals surface area contributed by atoms with Crippen molar-refractivity contribution in [3.63, 3.8) is 0 Å². The SMILES string of the molecule is Cc1nn(C(=O)OC(C)C)c2ccc(-c3cncc(O)c3)cc12. The van der Waals surface area contributed by atoms with Crippen LogP contribution in [-0.2, 0) is 4.74 Å². The Kier molecular flexibility index (Phi) is 3.73. The van der Waals surface area contributed by atoms with E-state index in [1.807, 2.05) is 25.1 Å². The molecule has 0 saturated carbocycles. The van der Waals surface area contributed by atoms with Gasteiger partial charge in [0, 0.05) is 17.1 Å². The number of hydrogen-bond donors (Lipinski definition) is 1. The van der Waals surface area contributed by atoms with Crippen molar-refractivity contribution < 1.29 is 14.6 Å². The highest BCUT2D eigenvalue weighted by atomic mass is 16.6. The van der Waals surface area contributed by atoms with E-state index in [-0.39, 0.29) is 11.9 Å². The van der Waals surface area contributed by atoms with E-state index >= 15 is 0 Å². The van der Waals surface area contributed by atoms with Gasteiger partial charge in [-0.05, 0) is 44.5 Å². The number of benzene rings is 1. The van der Waals surface area contributed by atoms with Gasteiger partial charge < -0.3 is 9.84 Å². The van der Waals surface area contributed by atoms with Crippen LogP contribution < -0.4 is 0 Å². The van der Waals surface area contributed by atoms with E-state index in [1.54, 1.807) is 26.1 Å². The van der Waals surface area contributed by atoms with Crippen LogP contribution in [0.15, 0.2) is 36.7 Å². The third-order valence-electron chi connectivity index (χ3n) is 3.43. The summed E-state index contributed by atoms with van der Waals surface area (Å²) in [5, 5.41) is 14.7. The number of hydrogen-bond acceptors (Lipinski definition) is 5. The Bertz CT molecular complexity index is 884. The van der Waals surface area contributed by atoms with Crippen LogP contribution in [0, 0.1) is 6.92 Å². The Morgan fingerprint density at radius 2 is 2.00 bits per heavy atom. The van der Waals surface area contributed by atoms with Gasteiger partial charge in [0.1, 0.15) is 5.75 Å². The molecule has 0 saturated heterocycles. The Morgan fingerprint density at radius 1 is 1.22 bits per heavy atom. The van der Waals surface area contributed by atoms with Crippen molar-refractivity contribution in [3.05, 3.63) is 42.4 Å². The Morgan fingerprint density at radius 3 is 2.70 bits per heavy atom. The third-order valence-corrected chi connectivity index (χ3v) is 3.43. The minimum Gasteiger partial charge on any atom is -0.506 e. The molecule has 2 aromatic heterocycles. The van der Waals surface area contributed by atoms with E-state index in [0.717, 1.165) is 22.2 Å². The lowest BCUT2D eigenvalue weighted by Gasteiger charge is -2.08. The van der Waals surface area contributed by atoms with E-state index in [1.165, 1.54) is 10.9 Å². The first-order valence-electron chi connectivity index (χ1n) is 7.30. The van der Waals surface area contributed by atoms with Crippen LogP contribution in [-0.4, -0.2) is 32.1 Å². The zero-order valence-corrected chi connectivity index (χ0v) is 13.1. The highest BCUT2D eigenvalue weighted by Crippen LogP contribution is 2.27. The van der Waals surface area contributed by atoms with Gasteiger partial charge in [0.15, 0.2) is 0 Å². The first kappa shape index (κ1) is 15.0. The average Bonchev–Trinajstić information content (AvgIpc) is 2.83. The van der Waals surface area contributed by atoms with E-state index < -0.39 is 6.09 Å². The van der Waals surface area contributed by atoms with Crippen LogP contribution in [0.25, 0.3) is 22.0 Å². The summed E-state index contributed by atoms with van der Waals surface area (Å²) < 4.78 is 6.48. The Balaban J connectivity index is 2.08. The normalized spacial score (nSPS) is 11.1. The number of aromatic hydroxyl groups is 1. The van der Waals surface area contributed by atoms with Crippen molar-refractivity contribution in [1.29, 1.82) is 0 Å². The lowest BCUT2D eigenvalue weighted by atomic mass is 10.0. The first-order chi connectivity index (χ1) is 11.0. The molecular weight excluding hydrogens is 294 g/mol. The maximum Gasteiger partial charge on any atom is 0.435 e. The van der Waals surface area contributed by atoms with E-state index in [4.69, 9.17) is 4.74 Å². The zero-order valence-electron chi connectivity index (χ0n) is 13.1. The second-order valence-corrected chi connectivity index (χ2v) is 5.59. The highest BCUT2D eigenvalue weighted by molar-refractivity contribution is 5.92. The number of carbonyl (C=O) groups is 1. The molecule has 0 atom stereocenters. The fraction of sp³-hybridized carbons (Fsp3) is 0.235. The number of rotatable bonds is 2. The first-order valence-corrected chi connectivity index (χ1v) is 7.30. The van der Waals surface area contributed by atoms with Crippen LogP contribution in [0.2, 0.25) is 0 Å². The molecule has 0 amide bonds. The predicted molar refractivity (Wildman–Crippen MR) is 86.4 cm³/mol. The summed E-state index contributed by atoms with van der Waals surface area (Å²) in [5.41, 5.74) is 3.10. The van der Waals surface area contributed by atoms with Gasteiger partial charge in [-0.2, -0.15) is 9.78 Å². The fourth-order valence-electron chi connectivity index (χ4n) is 2.42. The van der Waals surface area contributed by atoms with Crippen LogP contribution in [0.1, 0.15) is 19.5 Å². The monoisotopic (exact) mass is 311 g/mol. The molecule has 0 aliphatic rings. The van der Waals surface area contributed by atoms with E-state index in [0.29, 0.717) is 5.52 Å². The zero-order chi connectivity index (χ0) is 16.6. The molecule has 0 bridgehead atoms. The molecule has 6 heteroatoms. The lowest BCUT2D eigenvalue weighted by molar-refractivity contribution is 0.115. The molecule has 0 aliphatic heterocycles. The van der Waals surface area contributed by atoms with Gasteiger partial charge in [-0.15, -0.1) is 0 Å². The molecule has 0 fully saturated rings. The molecule has 0 aliphatic carbocycles. The van der Waals surface area contributed by atoms with Gasteiger partial charge >= 0.3 is 6.09 Å². The quantitative estimate of drug-likeness (QED) is 0.783. The molecule has 1 aromatic carbocycles. The average molecular weight is 311 g/mol.